The van der Waals surface area contributed by atoms with E-state index >= 15 is 0 Å². The smallest absolute Gasteiger partial charge is 0.318 e. The normalized spacial score (nSPS) is 21.7. The predicted molar refractivity (Wildman–Crippen MR) is 114 cm³/mol. The maximum Gasteiger partial charge on any atom is 0.318 e. The van der Waals surface area contributed by atoms with Crippen LogP contribution >= 0.6 is 11.6 Å². The Balaban J connectivity index is 1.14. The third kappa shape index (κ3) is 4.32. The zero-order chi connectivity index (χ0) is 21.4. The summed E-state index contributed by atoms with van der Waals surface area (Å²) in [6.45, 7) is 2.22. The monoisotopic (exact) mass is 440 g/mol. The second-order valence-electron chi connectivity index (χ2n) is 7.98. The highest BCUT2D eigenvalue weighted by Crippen LogP contribution is 2.54. The van der Waals surface area contributed by atoms with Gasteiger partial charge in [-0.05, 0) is 41.9 Å². The van der Waals surface area contributed by atoms with E-state index in [0.29, 0.717) is 41.8 Å². The summed E-state index contributed by atoms with van der Waals surface area (Å²) in [5.74, 6) is 1.27. The molecule has 3 aromatic rings. The van der Waals surface area contributed by atoms with Crippen LogP contribution < -0.4 is 10.2 Å². The molecule has 3 heterocycles. The summed E-state index contributed by atoms with van der Waals surface area (Å²) in [7, 11) is 0. The maximum atomic E-state index is 10.9. The van der Waals surface area contributed by atoms with E-state index in [4.69, 9.17) is 21.1 Å². The summed E-state index contributed by atoms with van der Waals surface area (Å²) >= 11 is 5.90. The molecule has 2 aliphatic rings. The molecule has 5 rings (SSSR count). The Morgan fingerprint density at radius 1 is 1.16 bits per heavy atom. The fraction of sp³-hybridized carbons (Fsp3) is 0.381. The van der Waals surface area contributed by atoms with Crippen molar-refractivity contribution in [2.24, 2.45) is 17.8 Å². The predicted octanol–water partition coefficient (Wildman–Crippen LogP) is 2.99. The zero-order valence-corrected chi connectivity index (χ0v) is 17.4. The molecule has 3 atom stereocenters. The fourth-order valence-electron chi connectivity index (χ4n) is 4.27. The molecule has 2 fully saturated rings. The van der Waals surface area contributed by atoms with E-state index in [1.165, 1.54) is 5.56 Å². The lowest BCUT2D eigenvalue weighted by atomic mass is 10.1. The van der Waals surface area contributed by atoms with E-state index < -0.39 is 5.97 Å². The van der Waals surface area contributed by atoms with Crippen molar-refractivity contribution < 1.29 is 14.3 Å². The van der Waals surface area contributed by atoms with Gasteiger partial charge < -0.3 is 19.7 Å². The molecule has 1 aliphatic heterocycles. The number of nitrogens with one attached hydrogen (secondary N) is 1. The van der Waals surface area contributed by atoms with Gasteiger partial charge in [0.25, 0.3) is 5.89 Å². The number of fused-ring (bicyclic) bond motifs is 1. The van der Waals surface area contributed by atoms with Crippen molar-refractivity contribution in [2.75, 3.05) is 29.9 Å². The molecule has 0 radical (unpaired) electrons. The van der Waals surface area contributed by atoms with Gasteiger partial charge in [0.15, 0.2) is 0 Å². The molecule has 1 aliphatic carbocycles. The minimum absolute atomic E-state index is 0.246. The van der Waals surface area contributed by atoms with Crippen LogP contribution in [0.1, 0.15) is 12.0 Å². The van der Waals surface area contributed by atoms with Crippen LogP contribution in [0.5, 0.6) is 0 Å². The number of benzene rings is 1. The van der Waals surface area contributed by atoms with E-state index in [0.717, 1.165) is 24.5 Å². The Hall–Kier alpha value is -3.20. The van der Waals surface area contributed by atoms with Crippen LogP contribution in [0.3, 0.4) is 0 Å². The largest absolute Gasteiger partial charge is 0.481 e. The van der Waals surface area contributed by atoms with Crippen molar-refractivity contribution in [2.45, 2.75) is 12.8 Å². The van der Waals surface area contributed by atoms with Gasteiger partial charge in [-0.1, -0.05) is 28.8 Å². The Kier molecular flexibility index (Phi) is 5.19. The number of nitrogens with zero attached hydrogens (tertiary/aromatic N) is 5. The molecule has 0 amide bonds. The van der Waals surface area contributed by atoms with Gasteiger partial charge in [0.1, 0.15) is 0 Å². The molecule has 1 saturated heterocycles. The maximum absolute atomic E-state index is 10.9. The molecule has 31 heavy (non-hydrogen) atoms. The van der Waals surface area contributed by atoms with Crippen LogP contribution in [0.2, 0.25) is 5.02 Å². The van der Waals surface area contributed by atoms with Crippen molar-refractivity contribution in [1.29, 1.82) is 0 Å². The van der Waals surface area contributed by atoms with Crippen molar-refractivity contribution >= 4 is 29.5 Å². The number of aromatic nitrogens is 4. The summed E-state index contributed by atoms with van der Waals surface area (Å²) in [4.78, 5) is 21.5. The third-order valence-electron chi connectivity index (χ3n) is 5.98. The number of piperidine rings is 1. The molecule has 1 aromatic carbocycles. The van der Waals surface area contributed by atoms with Gasteiger partial charge in [-0.15, -0.1) is 5.10 Å². The number of halogens is 1. The van der Waals surface area contributed by atoms with Crippen LogP contribution in [0.25, 0.3) is 11.5 Å². The molecule has 0 spiro atoms. The second-order valence-corrected chi connectivity index (χ2v) is 8.42. The summed E-state index contributed by atoms with van der Waals surface area (Å²) in [6, 6.07) is 8.21. The Morgan fingerprint density at radius 2 is 1.87 bits per heavy atom. The van der Waals surface area contributed by atoms with E-state index in [2.05, 4.69) is 25.5 Å². The molecule has 9 nitrogen and oxygen atoms in total. The molecular weight excluding hydrogens is 420 g/mol. The number of carboxylic acid groups (broad SMARTS) is 1. The highest BCUT2D eigenvalue weighted by Gasteiger charge is 2.56. The first-order chi connectivity index (χ1) is 15.1. The third-order valence-corrected chi connectivity index (χ3v) is 6.23. The zero-order valence-electron chi connectivity index (χ0n) is 16.6. The van der Waals surface area contributed by atoms with Gasteiger partial charge in [-0.2, -0.15) is 0 Å². The molecule has 160 valence electrons. The Labute approximate surface area is 183 Å². The van der Waals surface area contributed by atoms with Gasteiger partial charge in [-0.3, -0.25) is 4.79 Å². The average Bonchev–Trinajstić information content (AvgIpc) is 3.16. The van der Waals surface area contributed by atoms with Crippen LogP contribution in [-0.2, 0) is 11.2 Å². The second kappa shape index (κ2) is 8.14. The Bertz CT molecular complexity index is 1060. The molecule has 10 heteroatoms. The number of aliphatic carboxylic acids is 1. The molecule has 2 aromatic heterocycles. The summed E-state index contributed by atoms with van der Waals surface area (Å²) < 4.78 is 5.80. The number of carboxylic acids is 1. The fourth-order valence-corrected chi connectivity index (χ4v) is 4.40. The van der Waals surface area contributed by atoms with Crippen LogP contribution in [-0.4, -0.2) is 50.9 Å². The molecule has 0 bridgehead atoms. The minimum atomic E-state index is -0.728. The summed E-state index contributed by atoms with van der Waals surface area (Å²) in [6.07, 6.45) is 4.38. The first-order valence-electron chi connectivity index (χ1n) is 10.2. The van der Waals surface area contributed by atoms with Crippen LogP contribution in [0.4, 0.5) is 12.0 Å². The Morgan fingerprint density at radius 3 is 2.55 bits per heavy atom. The van der Waals surface area contributed by atoms with Gasteiger partial charge in [-0.25, -0.2) is 9.97 Å². The molecular formula is C21H21ClN6O3. The highest BCUT2D eigenvalue weighted by atomic mass is 35.5. The van der Waals surface area contributed by atoms with Crippen molar-refractivity contribution in [3.8, 4) is 11.5 Å². The number of rotatable bonds is 8. The van der Waals surface area contributed by atoms with Crippen LogP contribution in [0, 0.1) is 17.8 Å². The van der Waals surface area contributed by atoms with Crippen molar-refractivity contribution in [3.63, 3.8) is 0 Å². The lowest BCUT2D eigenvalue weighted by Gasteiger charge is -2.16. The first kappa shape index (κ1) is 19.7. The molecule has 2 N–H and O–H groups in total. The lowest BCUT2D eigenvalue weighted by Crippen LogP contribution is -2.24. The number of carbonyl (C=O) groups is 1. The van der Waals surface area contributed by atoms with Gasteiger partial charge in [0.05, 0.1) is 5.56 Å². The van der Waals surface area contributed by atoms with Crippen LogP contribution in [0.15, 0.2) is 41.1 Å². The first-order valence-corrected chi connectivity index (χ1v) is 10.6. The van der Waals surface area contributed by atoms with Crippen molar-refractivity contribution in [3.05, 3.63) is 47.2 Å². The van der Waals surface area contributed by atoms with Crippen molar-refractivity contribution in [1.82, 2.24) is 20.2 Å². The number of hydrogen-bond donors (Lipinski definition) is 2. The summed E-state index contributed by atoms with van der Waals surface area (Å²) in [5.41, 5.74) is 1.83. The molecule has 1 unspecified atom stereocenters. The lowest BCUT2D eigenvalue weighted by molar-refractivity contribution is -0.137. The van der Waals surface area contributed by atoms with Gasteiger partial charge >= 0.3 is 12.0 Å². The van der Waals surface area contributed by atoms with E-state index in [1.54, 1.807) is 12.4 Å². The van der Waals surface area contributed by atoms with Gasteiger partial charge in [0.2, 0.25) is 5.95 Å². The highest BCUT2D eigenvalue weighted by molar-refractivity contribution is 6.30. The molecule has 1 saturated carbocycles. The average molecular weight is 441 g/mol. The quantitative estimate of drug-likeness (QED) is 0.544. The van der Waals surface area contributed by atoms with E-state index in [1.807, 2.05) is 29.2 Å². The van der Waals surface area contributed by atoms with E-state index in [-0.39, 0.29) is 12.3 Å². The number of anilines is 2. The van der Waals surface area contributed by atoms with E-state index in [9.17, 15) is 4.79 Å². The standard InChI is InChI=1S/C21H21ClN6O3/c22-14-3-1-12(2-4-14)5-6-23-20-24-8-13(9-25-20)19-26-27-21(31-19)28-10-16-15(7-18(29)30)17(16)11-28/h1-4,8-9,15-17H,5-7,10-11H2,(H,29,30)(H,23,24,25)/t15?,16-,17+. The summed E-state index contributed by atoms with van der Waals surface area (Å²) in [5, 5.41) is 21.1. The van der Waals surface area contributed by atoms with Gasteiger partial charge in [0, 0.05) is 43.5 Å². The SMILES string of the molecule is O=C(O)CC1[C@H]2CN(c3nnc(-c4cnc(NCCc5ccc(Cl)cc5)nc4)o3)C[C@@H]12. The minimum Gasteiger partial charge on any atom is -0.481 e. The topological polar surface area (TPSA) is 117 Å². The number of hydrogen-bond acceptors (Lipinski definition) is 8.